The number of hydrogen-bond acceptors (Lipinski definition) is 3. The molecule has 0 aliphatic heterocycles. The zero-order chi connectivity index (χ0) is 14.6. The van der Waals surface area contributed by atoms with Gasteiger partial charge in [0.1, 0.15) is 0 Å². The largest absolute Gasteiger partial charge is 0.307 e. The van der Waals surface area contributed by atoms with Crippen LogP contribution in [0.3, 0.4) is 0 Å². The molecule has 1 fully saturated rings. The van der Waals surface area contributed by atoms with Gasteiger partial charge >= 0.3 is 0 Å². The van der Waals surface area contributed by atoms with Crippen molar-refractivity contribution >= 4 is 11.3 Å². The molecule has 1 aliphatic carbocycles. The van der Waals surface area contributed by atoms with E-state index >= 15 is 0 Å². The average Bonchev–Trinajstić information content (AvgIpc) is 2.60. The van der Waals surface area contributed by atoms with Crippen molar-refractivity contribution in [2.75, 3.05) is 0 Å². The molecule has 20 heavy (non-hydrogen) atoms. The molecule has 0 amide bonds. The smallest absolute Gasteiger partial charge is 0.0962 e. The maximum absolute atomic E-state index is 4.97. The van der Waals surface area contributed by atoms with Crippen molar-refractivity contribution in [3.63, 3.8) is 0 Å². The second kappa shape index (κ2) is 7.04. The molecule has 1 aromatic rings. The van der Waals surface area contributed by atoms with E-state index in [1.165, 1.54) is 54.1 Å². The van der Waals surface area contributed by atoms with Crippen molar-refractivity contribution in [3.8, 4) is 0 Å². The summed E-state index contributed by atoms with van der Waals surface area (Å²) in [5.41, 5.74) is 1.50. The van der Waals surface area contributed by atoms with E-state index in [9.17, 15) is 0 Å². The van der Waals surface area contributed by atoms with E-state index in [1.54, 1.807) is 0 Å². The summed E-state index contributed by atoms with van der Waals surface area (Å²) < 4.78 is 0. The lowest BCUT2D eigenvalue weighted by Crippen LogP contribution is -2.35. The summed E-state index contributed by atoms with van der Waals surface area (Å²) >= 11 is 1.97. The second-order valence-corrected chi connectivity index (χ2v) is 8.18. The zero-order valence-corrected chi connectivity index (χ0v) is 14.4. The van der Waals surface area contributed by atoms with Gasteiger partial charge in [0.15, 0.2) is 0 Å². The van der Waals surface area contributed by atoms with Gasteiger partial charge in [0, 0.05) is 22.9 Å². The first-order valence-electron chi connectivity index (χ1n) is 8.23. The van der Waals surface area contributed by atoms with E-state index in [1.807, 2.05) is 11.3 Å². The number of nitrogens with zero attached hydrogens (tertiary/aromatic N) is 1. The van der Waals surface area contributed by atoms with Gasteiger partial charge in [-0.2, -0.15) is 0 Å². The first-order valence-corrected chi connectivity index (χ1v) is 9.04. The standard InChI is InChI=1S/C17H30N2S/c1-5-14-15(12-18-17(2,3)4)20-16(19-14)13-10-8-6-7-9-11-13/h13,18H,5-12H2,1-4H3. The molecule has 2 nitrogen and oxygen atoms in total. The number of nitrogens with one attached hydrogen (secondary N) is 1. The van der Waals surface area contributed by atoms with Gasteiger partial charge in [-0.1, -0.05) is 32.6 Å². The molecule has 1 aliphatic rings. The molecule has 3 heteroatoms. The fourth-order valence-electron chi connectivity index (χ4n) is 2.86. The first-order chi connectivity index (χ1) is 9.49. The van der Waals surface area contributed by atoms with Crippen LogP contribution in [0.4, 0.5) is 0 Å². The molecule has 1 aromatic heterocycles. The minimum atomic E-state index is 0.178. The van der Waals surface area contributed by atoms with E-state index in [-0.39, 0.29) is 5.54 Å². The van der Waals surface area contributed by atoms with E-state index < -0.39 is 0 Å². The summed E-state index contributed by atoms with van der Waals surface area (Å²) in [5, 5.41) is 5.02. The third-order valence-corrected chi connectivity index (χ3v) is 5.37. The highest BCUT2D eigenvalue weighted by Crippen LogP contribution is 2.35. The Morgan fingerprint density at radius 2 is 1.80 bits per heavy atom. The van der Waals surface area contributed by atoms with Crippen LogP contribution in [0.15, 0.2) is 0 Å². The van der Waals surface area contributed by atoms with Crippen molar-refractivity contribution < 1.29 is 0 Å². The fraction of sp³-hybridized carbons (Fsp3) is 0.824. The predicted octanol–water partition coefficient (Wildman–Crippen LogP) is 5.03. The second-order valence-electron chi connectivity index (χ2n) is 7.07. The summed E-state index contributed by atoms with van der Waals surface area (Å²) in [7, 11) is 0. The SMILES string of the molecule is CCc1nc(C2CCCCCC2)sc1CNC(C)(C)C. The number of hydrogen-bond donors (Lipinski definition) is 1. The molecule has 0 bridgehead atoms. The van der Waals surface area contributed by atoms with Crippen molar-refractivity contribution in [1.82, 2.24) is 10.3 Å². The quantitative estimate of drug-likeness (QED) is 0.788. The van der Waals surface area contributed by atoms with Crippen molar-refractivity contribution in [1.29, 1.82) is 0 Å². The molecule has 0 unspecified atom stereocenters. The van der Waals surface area contributed by atoms with Gasteiger partial charge < -0.3 is 5.32 Å². The lowest BCUT2D eigenvalue weighted by Gasteiger charge is -2.20. The monoisotopic (exact) mass is 294 g/mol. The Hall–Kier alpha value is -0.410. The minimum Gasteiger partial charge on any atom is -0.307 e. The van der Waals surface area contributed by atoms with Gasteiger partial charge in [-0.25, -0.2) is 4.98 Å². The van der Waals surface area contributed by atoms with Crippen LogP contribution in [0, 0.1) is 0 Å². The summed E-state index contributed by atoms with van der Waals surface area (Å²) in [6.45, 7) is 9.88. The normalized spacial score (nSPS) is 18.2. The van der Waals surface area contributed by atoms with Crippen LogP contribution in [0.25, 0.3) is 0 Å². The molecule has 0 atom stereocenters. The molecule has 1 N–H and O–H groups in total. The molecule has 0 radical (unpaired) electrons. The van der Waals surface area contributed by atoms with Gasteiger partial charge in [-0.3, -0.25) is 0 Å². The summed E-state index contributed by atoms with van der Waals surface area (Å²) in [6, 6.07) is 0. The molecule has 2 rings (SSSR count). The predicted molar refractivity (Wildman–Crippen MR) is 88.5 cm³/mol. The number of rotatable bonds is 4. The number of aromatic nitrogens is 1. The molecular weight excluding hydrogens is 264 g/mol. The Balaban J connectivity index is 2.08. The number of aryl methyl sites for hydroxylation is 1. The van der Waals surface area contributed by atoms with Gasteiger partial charge in [-0.05, 0) is 40.0 Å². The highest BCUT2D eigenvalue weighted by atomic mass is 32.1. The Morgan fingerprint density at radius 1 is 1.15 bits per heavy atom. The van der Waals surface area contributed by atoms with Crippen LogP contribution in [0.1, 0.15) is 87.7 Å². The molecular formula is C17H30N2S. The summed E-state index contributed by atoms with van der Waals surface area (Å²) in [4.78, 5) is 6.43. The Bertz CT molecular complexity index is 409. The Labute approximate surface area is 128 Å². The topological polar surface area (TPSA) is 24.9 Å². The highest BCUT2D eigenvalue weighted by Gasteiger charge is 2.20. The van der Waals surface area contributed by atoms with Crippen molar-refractivity contribution in [2.24, 2.45) is 0 Å². The van der Waals surface area contributed by atoms with E-state index in [0.29, 0.717) is 0 Å². The van der Waals surface area contributed by atoms with Gasteiger partial charge in [0.2, 0.25) is 0 Å². The van der Waals surface area contributed by atoms with Crippen LogP contribution in [0.5, 0.6) is 0 Å². The first kappa shape index (κ1) is 16.0. The molecule has 0 saturated heterocycles. The number of thiazole rings is 1. The van der Waals surface area contributed by atoms with Crippen LogP contribution < -0.4 is 5.32 Å². The van der Waals surface area contributed by atoms with Gasteiger partial charge in [0.05, 0.1) is 10.7 Å². The fourth-order valence-corrected chi connectivity index (χ4v) is 4.13. The average molecular weight is 295 g/mol. The lowest BCUT2D eigenvalue weighted by atomic mass is 10.0. The molecule has 114 valence electrons. The minimum absolute atomic E-state index is 0.178. The Kier molecular flexibility index (Phi) is 5.62. The van der Waals surface area contributed by atoms with Crippen molar-refractivity contribution in [2.45, 2.75) is 90.6 Å². The van der Waals surface area contributed by atoms with Gasteiger partial charge in [0.25, 0.3) is 0 Å². The van der Waals surface area contributed by atoms with Crippen LogP contribution in [-0.4, -0.2) is 10.5 Å². The van der Waals surface area contributed by atoms with Gasteiger partial charge in [-0.15, -0.1) is 11.3 Å². The third-order valence-electron chi connectivity index (χ3n) is 4.11. The summed E-state index contributed by atoms with van der Waals surface area (Å²) in [6.07, 6.45) is 9.38. The summed E-state index contributed by atoms with van der Waals surface area (Å²) in [5.74, 6) is 0.733. The van der Waals surface area contributed by atoms with Crippen molar-refractivity contribution in [3.05, 3.63) is 15.6 Å². The molecule has 0 spiro atoms. The maximum atomic E-state index is 4.97. The zero-order valence-electron chi connectivity index (χ0n) is 13.6. The van der Waals surface area contributed by atoms with E-state index in [4.69, 9.17) is 4.98 Å². The van der Waals surface area contributed by atoms with E-state index in [2.05, 4.69) is 33.0 Å². The molecule has 1 saturated carbocycles. The third kappa shape index (κ3) is 4.56. The van der Waals surface area contributed by atoms with Crippen LogP contribution >= 0.6 is 11.3 Å². The van der Waals surface area contributed by atoms with Crippen LogP contribution in [0.2, 0.25) is 0 Å². The lowest BCUT2D eigenvalue weighted by molar-refractivity contribution is 0.425. The Morgan fingerprint density at radius 3 is 2.35 bits per heavy atom. The van der Waals surface area contributed by atoms with Crippen LogP contribution in [-0.2, 0) is 13.0 Å². The highest BCUT2D eigenvalue weighted by molar-refractivity contribution is 7.11. The molecule has 1 heterocycles. The maximum Gasteiger partial charge on any atom is 0.0962 e. The molecule has 0 aromatic carbocycles. The van der Waals surface area contributed by atoms with E-state index in [0.717, 1.165) is 18.9 Å².